The van der Waals surface area contributed by atoms with Crippen molar-refractivity contribution in [2.75, 3.05) is 18.0 Å². The van der Waals surface area contributed by atoms with Crippen LogP contribution in [-0.4, -0.2) is 35.2 Å². The third kappa shape index (κ3) is 2.73. The quantitative estimate of drug-likeness (QED) is 0.871. The monoisotopic (exact) mass is 349 g/mol. The molecule has 3 N–H and O–H groups in total. The van der Waals surface area contributed by atoms with Gasteiger partial charge in [0.2, 0.25) is 0 Å². The molecule has 1 aromatic heterocycles. The first-order valence-electron chi connectivity index (χ1n) is 6.88. The first-order chi connectivity index (χ1) is 10.1. The van der Waals surface area contributed by atoms with E-state index < -0.39 is 5.97 Å². The Morgan fingerprint density at radius 3 is 2.76 bits per heavy atom. The summed E-state index contributed by atoms with van der Waals surface area (Å²) in [5.41, 5.74) is 7.74. The molecule has 5 nitrogen and oxygen atoms in total. The summed E-state index contributed by atoms with van der Waals surface area (Å²) in [6, 6.07) is 5.93. The Hall–Kier alpha value is -1.66. The predicted molar refractivity (Wildman–Crippen MR) is 85.8 cm³/mol. The van der Waals surface area contributed by atoms with E-state index >= 15 is 0 Å². The number of piperidine rings is 1. The molecule has 1 fully saturated rings. The number of nitrogens with zero attached hydrogens (tertiary/aromatic N) is 2. The number of nitrogens with two attached hydrogens (primary N) is 1. The molecule has 6 heteroatoms. The van der Waals surface area contributed by atoms with Crippen LogP contribution in [-0.2, 0) is 0 Å². The second kappa shape index (κ2) is 5.61. The van der Waals surface area contributed by atoms with Crippen molar-refractivity contribution in [1.82, 2.24) is 4.98 Å². The van der Waals surface area contributed by atoms with E-state index in [0.29, 0.717) is 0 Å². The van der Waals surface area contributed by atoms with Crippen LogP contribution in [0, 0.1) is 0 Å². The van der Waals surface area contributed by atoms with Gasteiger partial charge in [0.15, 0.2) is 0 Å². The third-order valence-electron chi connectivity index (χ3n) is 3.89. The molecule has 1 aliphatic heterocycles. The Labute approximate surface area is 130 Å². The minimum absolute atomic E-state index is 0.203. The maximum Gasteiger partial charge on any atom is 0.339 e. The van der Waals surface area contributed by atoms with E-state index in [1.807, 2.05) is 18.2 Å². The van der Waals surface area contributed by atoms with Crippen LogP contribution in [0.4, 0.5) is 5.69 Å². The van der Waals surface area contributed by atoms with E-state index in [-0.39, 0.29) is 11.6 Å². The van der Waals surface area contributed by atoms with E-state index in [2.05, 4.69) is 25.8 Å². The number of benzene rings is 1. The molecular weight excluding hydrogens is 334 g/mol. The van der Waals surface area contributed by atoms with Crippen molar-refractivity contribution in [2.24, 2.45) is 5.73 Å². The molecule has 0 aliphatic carbocycles. The zero-order valence-electron chi connectivity index (χ0n) is 11.4. The lowest BCUT2D eigenvalue weighted by Crippen LogP contribution is -2.40. The highest BCUT2D eigenvalue weighted by molar-refractivity contribution is 9.10. The van der Waals surface area contributed by atoms with Gasteiger partial charge < -0.3 is 15.7 Å². The van der Waals surface area contributed by atoms with Crippen LogP contribution in [0.1, 0.15) is 23.2 Å². The van der Waals surface area contributed by atoms with Gasteiger partial charge in [0, 0.05) is 35.2 Å². The molecule has 1 aromatic carbocycles. The second-order valence-corrected chi connectivity index (χ2v) is 6.23. The molecular formula is C15H16BrN3O2. The normalized spacial score (nSPS) is 16.4. The zero-order chi connectivity index (χ0) is 15.0. The van der Waals surface area contributed by atoms with Crippen molar-refractivity contribution in [3.8, 4) is 0 Å². The predicted octanol–water partition coefficient (Wildman–Crippen LogP) is 2.62. The Bertz CT molecular complexity index is 697. The highest BCUT2D eigenvalue weighted by Crippen LogP contribution is 2.33. The average Bonchev–Trinajstić information content (AvgIpc) is 2.47. The molecule has 0 unspecified atom stereocenters. The van der Waals surface area contributed by atoms with Gasteiger partial charge in [0.1, 0.15) is 5.56 Å². The van der Waals surface area contributed by atoms with E-state index in [9.17, 15) is 9.90 Å². The van der Waals surface area contributed by atoms with Crippen molar-refractivity contribution in [2.45, 2.75) is 18.9 Å². The van der Waals surface area contributed by atoms with Gasteiger partial charge in [0.05, 0.1) is 11.2 Å². The van der Waals surface area contributed by atoms with E-state index in [1.54, 1.807) is 0 Å². The molecule has 1 aliphatic rings. The van der Waals surface area contributed by atoms with Gasteiger partial charge in [-0.2, -0.15) is 0 Å². The lowest BCUT2D eigenvalue weighted by atomic mass is 10.0. The number of hydrogen-bond donors (Lipinski definition) is 2. The number of hydrogen-bond acceptors (Lipinski definition) is 4. The number of fused-ring (bicyclic) bond motifs is 1. The van der Waals surface area contributed by atoms with Gasteiger partial charge in [-0.15, -0.1) is 0 Å². The molecule has 0 radical (unpaired) electrons. The lowest BCUT2D eigenvalue weighted by molar-refractivity contribution is 0.0697. The fourth-order valence-electron chi connectivity index (χ4n) is 2.77. The minimum Gasteiger partial charge on any atom is -0.478 e. The highest BCUT2D eigenvalue weighted by Gasteiger charge is 2.23. The summed E-state index contributed by atoms with van der Waals surface area (Å²) < 4.78 is 0.911. The number of rotatable bonds is 2. The molecule has 0 atom stereocenters. The minimum atomic E-state index is -0.950. The summed E-state index contributed by atoms with van der Waals surface area (Å²) >= 11 is 3.45. The van der Waals surface area contributed by atoms with E-state index in [1.165, 1.54) is 6.20 Å². The summed E-state index contributed by atoms with van der Waals surface area (Å²) in [5.74, 6) is -0.950. The van der Waals surface area contributed by atoms with Crippen molar-refractivity contribution in [3.63, 3.8) is 0 Å². The van der Waals surface area contributed by atoms with Crippen LogP contribution in [0.2, 0.25) is 0 Å². The molecule has 3 rings (SSSR count). The van der Waals surface area contributed by atoms with E-state index in [0.717, 1.165) is 47.0 Å². The topological polar surface area (TPSA) is 79.5 Å². The van der Waals surface area contributed by atoms with Crippen molar-refractivity contribution < 1.29 is 9.90 Å². The van der Waals surface area contributed by atoms with Crippen LogP contribution in [0.25, 0.3) is 10.9 Å². The summed E-state index contributed by atoms with van der Waals surface area (Å²) in [4.78, 5) is 17.9. The number of carboxylic acid groups (broad SMARTS) is 1. The number of pyridine rings is 1. The number of anilines is 1. The first kappa shape index (κ1) is 14.3. The number of carbonyl (C=O) groups is 1. The number of halogens is 1. The lowest BCUT2D eigenvalue weighted by Gasteiger charge is -2.33. The van der Waals surface area contributed by atoms with E-state index in [4.69, 9.17) is 5.73 Å². The SMILES string of the molecule is NC1CCN(c2c(C(=O)O)cnc3ccc(Br)cc23)CC1. The molecule has 0 amide bonds. The average molecular weight is 350 g/mol. The Balaban J connectivity index is 2.18. The zero-order valence-corrected chi connectivity index (χ0v) is 13.0. The van der Waals surface area contributed by atoms with Crippen molar-refractivity contribution in [1.29, 1.82) is 0 Å². The number of aromatic nitrogens is 1. The Kier molecular flexibility index (Phi) is 3.82. The Morgan fingerprint density at radius 2 is 2.10 bits per heavy atom. The van der Waals surface area contributed by atoms with Crippen LogP contribution in [0.3, 0.4) is 0 Å². The summed E-state index contributed by atoms with van der Waals surface area (Å²) in [6.07, 6.45) is 3.19. The summed E-state index contributed by atoms with van der Waals surface area (Å²) in [5, 5.41) is 10.3. The van der Waals surface area contributed by atoms with Gasteiger partial charge in [-0.3, -0.25) is 4.98 Å². The molecule has 2 heterocycles. The van der Waals surface area contributed by atoms with Gasteiger partial charge in [-0.1, -0.05) is 15.9 Å². The third-order valence-corrected chi connectivity index (χ3v) is 4.38. The molecule has 2 aromatic rings. The largest absolute Gasteiger partial charge is 0.478 e. The fourth-order valence-corrected chi connectivity index (χ4v) is 3.13. The summed E-state index contributed by atoms with van der Waals surface area (Å²) in [6.45, 7) is 1.54. The number of aromatic carboxylic acids is 1. The molecule has 1 saturated heterocycles. The number of carboxylic acids is 1. The first-order valence-corrected chi connectivity index (χ1v) is 7.67. The smallest absolute Gasteiger partial charge is 0.339 e. The standard InChI is InChI=1S/C15H16BrN3O2/c16-9-1-2-13-11(7-9)14(12(8-18-13)15(20)21)19-5-3-10(17)4-6-19/h1-2,7-8,10H,3-6,17H2,(H,20,21). The van der Waals surface area contributed by atoms with Crippen LogP contribution in [0.15, 0.2) is 28.9 Å². The van der Waals surface area contributed by atoms with Crippen LogP contribution < -0.4 is 10.6 Å². The van der Waals surface area contributed by atoms with Gasteiger partial charge in [-0.05, 0) is 31.0 Å². The van der Waals surface area contributed by atoms with Crippen molar-refractivity contribution >= 4 is 38.5 Å². The maximum atomic E-state index is 11.6. The molecule has 110 valence electrons. The summed E-state index contributed by atoms with van der Waals surface area (Å²) in [7, 11) is 0. The van der Waals surface area contributed by atoms with Gasteiger partial charge in [-0.25, -0.2) is 4.79 Å². The van der Waals surface area contributed by atoms with Crippen molar-refractivity contribution in [3.05, 3.63) is 34.4 Å². The van der Waals surface area contributed by atoms with Gasteiger partial charge in [0.25, 0.3) is 0 Å². The molecule has 0 saturated carbocycles. The maximum absolute atomic E-state index is 11.6. The second-order valence-electron chi connectivity index (χ2n) is 5.31. The van der Waals surface area contributed by atoms with Crippen LogP contribution >= 0.6 is 15.9 Å². The van der Waals surface area contributed by atoms with Gasteiger partial charge >= 0.3 is 5.97 Å². The fraction of sp³-hybridized carbons (Fsp3) is 0.333. The van der Waals surface area contributed by atoms with Crippen LogP contribution in [0.5, 0.6) is 0 Å². The highest BCUT2D eigenvalue weighted by atomic mass is 79.9. The molecule has 21 heavy (non-hydrogen) atoms. The molecule has 0 bridgehead atoms. The Morgan fingerprint density at radius 1 is 1.38 bits per heavy atom. The molecule has 0 spiro atoms.